The third-order valence-corrected chi connectivity index (χ3v) is 6.77. The predicted octanol–water partition coefficient (Wildman–Crippen LogP) is 3.62. The molecule has 0 heterocycles. The first-order valence-electron chi connectivity index (χ1n) is 9.37. The second kappa shape index (κ2) is 7.17. The standard InChI is InChI=1S/C20H34O4/c1-13(8-11-21)6-7-15-14(18(23)24)12-16(22)17-19(2,3)9-5-10-20(15,17)4/h12-13,15-17,21-22H,5-11H2,1-4H3,(H,23,24)/t13-,15-,16-,17+,20+/m0/s1. The van der Waals surface area contributed by atoms with Gasteiger partial charge in [0.15, 0.2) is 0 Å². The van der Waals surface area contributed by atoms with Crippen molar-refractivity contribution in [3.8, 4) is 0 Å². The maximum atomic E-state index is 11.8. The van der Waals surface area contributed by atoms with Gasteiger partial charge in [-0.25, -0.2) is 4.79 Å². The normalized spacial score (nSPS) is 36.6. The molecule has 0 radical (unpaired) electrons. The van der Waals surface area contributed by atoms with Crippen molar-refractivity contribution in [2.24, 2.45) is 28.6 Å². The van der Waals surface area contributed by atoms with Gasteiger partial charge in [0, 0.05) is 12.2 Å². The lowest BCUT2D eigenvalue weighted by Gasteiger charge is -2.58. The van der Waals surface area contributed by atoms with Gasteiger partial charge in [0.2, 0.25) is 0 Å². The van der Waals surface area contributed by atoms with Crippen molar-refractivity contribution in [3.63, 3.8) is 0 Å². The third-order valence-electron chi connectivity index (χ3n) is 6.77. The minimum atomic E-state index is -0.892. The summed E-state index contributed by atoms with van der Waals surface area (Å²) >= 11 is 0. The summed E-state index contributed by atoms with van der Waals surface area (Å²) in [4.78, 5) is 11.8. The largest absolute Gasteiger partial charge is 0.478 e. The van der Waals surface area contributed by atoms with Crippen LogP contribution in [0.1, 0.15) is 66.2 Å². The Morgan fingerprint density at radius 2 is 1.96 bits per heavy atom. The van der Waals surface area contributed by atoms with E-state index in [1.165, 1.54) is 0 Å². The number of aliphatic carboxylic acids is 1. The van der Waals surface area contributed by atoms with Crippen LogP contribution in [0.25, 0.3) is 0 Å². The molecule has 3 N–H and O–H groups in total. The van der Waals surface area contributed by atoms with Gasteiger partial charge in [-0.2, -0.15) is 0 Å². The molecule has 4 heteroatoms. The molecule has 1 fully saturated rings. The first-order chi connectivity index (χ1) is 11.1. The molecule has 2 rings (SSSR count). The van der Waals surface area contributed by atoms with E-state index in [0.29, 0.717) is 11.5 Å². The van der Waals surface area contributed by atoms with Gasteiger partial charge >= 0.3 is 5.97 Å². The van der Waals surface area contributed by atoms with Gasteiger partial charge < -0.3 is 15.3 Å². The second-order valence-electron chi connectivity index (χ2n) is 8.99. The molecular formula is C20H34O4. The van der Waals surface area contributed by atoms with E-state index in [1.807, 2.05) is 0 Å². The highest BCUT2D eigenvalue weighted by Crippen LogP contribution is 2.60. The summed E-state index contributed by atoms with van der Waals surface area (Å²) in [5.74, 6) is -0.434. The van der Waals surface area contributed by atoms with E-state index in [2.05, 4.69) is 27.7 Å². The number of hydrogen-bond donors (Lipinski definition) is 3. The van der Waals surface area contributed by atoms with E-state index in [-0.39, 0.29) is 29.3 Å². The van der Waals surface area contributed by atoms with Crippen molar-refractivity contribution in [2.45, 2.75) is 72.3 Å². The highest BCUT2D eigenvalue weighted by molar-refractivity contribution is 5.87. The number of hydrogen-bond acceptors (Lipinski definition) is 3. The smallest absolute Gasteiger partial charge is 0.331 e. The van der Waals surface area contributed by atoms with Crippen LogP contribution in [0, 0.1) is 28.6 Å². The molecular weight excluding hydrogens is 304 g/mol. The van der Waals surface area contributed by atoms with E-state index in [4.69, 9.17) is 5.11 Å². The van der Waals surface area contributed by atoms with E-state index in [9.17, 15) is 15.0 Å². The zero-order valence-electron chi connectivity index (χ0n) is 15.6. The number of rotatable bonds is 6. The van der Waals surface area contributed by atoms with Gasteiger partial charge in [-0.05, 0) is 60.3 Å². The van der Waals surface area contributed by atoms with Gasteiger partial charge in [-0.3, -0.25) is 0 Å². The van der Waals surface area contributed by atoms with Crippen molar-refractivity contribution in [3.05, 3.63) is 11.6 Å². The molecule has 24 heavy (non-hydrogen) atoms. The van der Waals surface area contributed by atoms with Crippen molar-refractivity contribution in [1.82, 2.24) is 0 Å². The second-order valence-corrected chi connectivity index (χ2v) is 8.99. The fraction of sp³-hybridized carbons (Fsp3) is 0.850. The number of fused-ring (bicyclic) bond motifs is 1. The molecule has 0 unspecified atom stereocenters. The van der Waals surface area contributed by atoms with Gasteiger partial charge in [0.05, 0.1) is 6.10 Å². The number of carbonyl (C=O) groups is 1. The summed E-state index contributed by atoms with van der Waals surface area (Å²) in [7, 11) is 0. The average Bonchev–Trinajstić information content (AvgIpc) is 2.44. The summed E-state index contributed by atoms with van der Waals surface area (Å²) in [5.41, 5.74) is 0.236. The van der Waals surface area contributed by atoms with Crippen LogP contribution >= 0.6 is 0 Å². The summed E-state index contributed by atoms with van der Waals surface area (Å²) in [5, 5.41) is 29.6. The lowest BCUT2D eigenvalue weighted by Crippen LogP contribution is -2.55. The van der Waals surface area contributed by atoms with Crippen molar-refractivity contribution < 1.29 is 20.1 Å². The van der Waals surface area contributed by atoms with E-state index >= 15 is 0 Å². The SMILES string of the molecule is C[C@H](CCO)CC[C@H]1C(C(=O)O)=C[C@H](O)[C@@H]2C(C)(C)CCC[C@@]21C. The minimum absolute atomic E-state index is 0.0158. The van der Waals surface area contributed by atoms with Crippen molar-refractivity contribution in [2.75, 3.05) is 6.61 Å². The Morgan fingerprint density at radius 3 is 2.54 bits per heavy atom. The van der Waals surface area contributed by atoms with Crippen LogP contribution in [0.15, 0.2) is 11.6 Å². The van der Waals surface area contributed by atoms with Crippen LogP contribution < -0.4 is 0 Å². The van der Waals surface area contributed by atoms with Gasteiger partial charge in [-0.15, -0.1) is 0 Å². The zero-order valence-corrected chi connectivity index (χ0v) is 15.6. The maximum absolute atomic E-state index is 11.8. The molecule has 2 aliphatic carbocycles. The highest BCUT2D eigenvalue weighted by atomic mass is 16.4. The summed E-state index contributed by atoms with van der Waals surface area (Å²) in [6.45, 7) is 8.91. The maximum Gasteiger partial charge on any atom is 0.331 e. The lowest BCUT2D eigenvalue weighted by molar-refractivity contribution is -0.139. The molecule has 4 nitrogen and oxygen atoms in total. The lowest BCUT2D eigenvalue weighted by atomic mass is 9.47. The average molecular weight is 338 g/mol. The third kappa shape index (κ3) is 3.55. The molecule has 0 aliphatic heterocycles. The van der Waals surface area contributed by atoms with Crippen molar-refractivity contribution >= 4 is 5.97 Å². The summed E-state index contributed by atoms with van der Waals surface area (Å²) in [6.07, 6.45) is 6.56. The topological polar surface area (TPSA) is 77.8 Å². The molecule has 1 saturated carbocycles. The fourth-order valence-corrected chi connectivity index (χ4v) is 5.64. The van der Waals surface area contributed by atoms with Crippen LogP contribution in [0.3, 0.4) is 0 Å². The van der Waals surface area contributed by atoms with Crippen LogP contribution in [0.2, 0.25) is 0 Å². The monoisotopic (exact) mass is 338 g/mol. The van der Waals surface area contributed by atoms with E-state index in [1.54, 1.807) is 6.08 Å². The fourth-order valence-electron chi connectivity index (χ4n) is 5.64. The molecule has 2 aliphatic rings. The van der Waals surface area contributed by atoms with Crippen LogP contribution in [0.5, 0.6) is 0 Å². The van der Waals surface area contributed by atoms with E-state index < -0.39 is 12.1 Å². The minimum Gasteiger partial charge on any atom is -0.478 e. The Morgan fingerprint density at radius 1 is 1.29 bits per heavy atom. The molecule has 0 amide bonds. The number of carboxylic acids is 1. The molecule has 5 atom stereocenters. The van der Waals surface area contributed by atoms with Crippen LogP contribution in [0.4, 0.5) is 0 Å². The first kappa shape index (κ1) is 19.5. The molecule has 0 bridgehead atoms. The Kier molecular flexibility index (Phi) is 5.81. The Hall–Kier alpha value is -0.870. The number of aliphatic hydroxyl groups excluding tert-OH is 2. The Bertz CT molecular complexity index is 496. The van der Waals surface area contributed by atoms with Gasteiger partial charge in [0.25, 0.3) is 0 Å². The highest BCUT2D eigenvalue weighted by Gasteiger charge is 2.56. The van der Waals surface area contributed by atoms with E-state index in [0.717, 1.165) is 38.5 Å². The molecule has 138 valence electrons. The van der Waals surface area contributed by atoms with Crippen LogP contribution in [-0.2, 0) is 4.79 Å². The van der Waals surface area contributed by atoms with Crippen molar-refractivity contribution in [1.29, 1.82) is 0 Å². The molecule has 0 aromatic carbocycles. The summed E-state index contributed by atoms with van der Waals surface area (Å²) < 4.78 is 0. The Labute approximate surface area is 146 Å². The molecule has 0 saturated heterocycles. The first-order valence-corrected chi connectivity index (χ1v) is 9.37. The number of aliphatic hydroxyl groups is 2. The zero-order chi connectivity index (χ0) is 18.1. The van der Waals surface area contributed by atoms with Gasteiger partial charge in [0.1, 0.15) is 0 Å². The molecule has 0 spiro atoms. The Balaban J connectivity index is 2.35. The van der Waals surface area contributed by atoms with Gasteiger partial charge in [-0.1, -0.05) is 40.5 Å². The molecule has 0 aromatic heterocycles. The molecule has 0 aromatic rings. The number of carboxylic acid groups (broad SMARTS) is 1. The summed E-state index contributed by atoms with van der Waals surface area (Å²) in [6, 6.07) is 0. The quantitative estimate of drug-likeness (QED) is 0.691. The van der Waals surface area contributed by atoms with Crippen LogP contribution in [-0.4, -0.2) is 34.0 Å². The predicted molar refractivity (Wildman–Crippen MR) is 94.5 cm³/mol.